The first-order chi connectivity index (χ1) is 21.7. The molecule has 0 saturated heterocycles. The topological polar surface area (TPSA) is 125 Å². The number of benzene rings is 1. The molecule has 0 spiro atoms. The van der Waals surface area contributed by atoms with E-state index in [-0.39, 0.29) is 57.4 Å². The van der Waals surface area contributed by atoms with E-state index in [9.17, 15) is 31.5 Å². The molecule has 2 amide bonds. The molecule has 16 heteroatoms. The largest absolute Gasteiger partial charge is 0.522 e. The second-order valence-corrected chi connectivity index (χ2v) is 12.2. The van der Waals surface area contributed by atoms with Gasteiger partial charge in [-0.1, -0.05) is 17.7 Å². The van der Waals surface area contributed by atoms with Crippen LogP contribution in [0.2, 0.25) is 5.02 Å². The number of carbonyl (C=O) groups excluding carboxylic acids is 2. The zero-order valence-electron chi connectivity index (χ0n) is 23.8. The molecule has 0 atom stereocenters. The molecule has 46 heavy (non-hydrogen) atoms. The summed E-state index contributed by atoms with van der Waals surface area (Å²) in [6.07, 6.45) is -3.52. The van der Waals surface area contributed by atoms with E-state index in [1.165, 1.54) is 47.4 Å². The van der Waals surface area contributed by atoms with Crippen LogP contribution in [0.5, 0.6) is 5.75 Å². The molecule has 1 aliphatic heterocycles. The van der Waals surface area contributed by atoms with Gasteiger partial charge in [-0.25, -0.2) is 9.97 Å². The van der Waals surface area contributed by atoms with Crippen molar-refractivity contribution in [3.8, 4) is 16.9 Å². The van der Waals surface area contributed by atoms with E-state index in [4.69, 9.17) is 27.1 Å². The van der Waals surface area contributed by atoms with Gasteiger partial charge in [-0.2, -0.15) is 8.78 Å². The Bertz CT molecular complexity index is 1890. The van der Waals surface area contributed by atoms with Crippen LogP contribution in [0.1, 0.15) is 47.4 Å². The van der Waals surface area contributed by atoms with E-state index < -0.39 is 36.4 Å². The predicted octanol–water partition coefficient (Wildman–Crippen LogP) is 5.74. The van der Waals surface area contributed by atoms with Crippen LogP contribution in [-0.2, 0) is 28.0 Å². The number of halogens is 6. The Morgan fingerprint density at radius 3 is 2.54 bits per heavy atom. The van der Waals surface area contributed by atoms with Gasteiger partial charge in [0.25, 0.3) is 5.91 Å². The molecule has 3 aliphatic rings. The van der Waals surface area contributed by atoms with Crippen molar-refractivity contribution in [2.24, 2.45) is 11.7 Å². The van der Waals surface area contributed by atoms with Crippen LogP contribution >= 0.6 is 11.6 Å². The van der Waals surface area contributed by atoms with Crippen molar-refractivity contribution in [2.75, 3.05) is 11.5 Å². The summed E-state index contributed by atoms with van der Waals surface area (Å²) < 4.78 is 79.4. The van der Waals surface area contributed by atoms with Gasteiger partial charge < -0.3 is 15.0 Å². The van der Waals surface area contributed by atoms with Crippen LogP contribution in [0.4, 0.5) is 27.6 Å². The molecule has 0 unspecified atom stereocenters. The van der Waals surface area contributed by atoms with Crippen LogP contribution < -0.4 is 15.4 Å². The van der Waals surface area contributed by atoms with Crippen LogP contribution in [0, 0.1) is 5.92 Å². The van der Waals surface area contributed by atoms with Crippen molar-refractivity contribution in [1.82, 2.24) is 19.5 Å². The second kappa shape index (κ2) is 10.6. The van der Waals surface area contributed by atoms with Gasteiger partial charge >= 0.3 is 18.4 Å². The third kappa shape index (κ3) is 5.51. The average molecular weight is 663 g/mol. The Kier molecular flexibility index (Phi) is 6.97. The zero-order chi connectivity index (χ0) is 32.6. The maximum Gasteiger partial charge on any atom is 0.522 e. The van der Waals surface area contributed by atoms with Crippen molar-refractivity contribution in [3.63, 3.8) is 0 Å². The van der Waals surface area contributed by atoms with Gasteiger partial charge in [-0.05, 0) is 67.9 Å². The molecule has 10 nitrogen and oxygen atoms in total. The lowest BCUT2D eigenvalue weighted by atomic mass is 9.94. The quantitative estimate of drug-likeness (QED) is 0.227. The Balaban J connectivity index is 1.37. The van der Waals surface area contributed by atoms with E-state index >= 15 is 0 Å². The highest BCUT2D eigenvalue weighted by Gasteiger charge is 2.51. The molecule has 7 rings (SSSR count). The smallest absolute Gasteiger partial charge is 0.423 e. The Hall–Kier alpha value is -4.37. The van der Waals surface area contributed by atoms with Gasteiger partial charge in [0, 0.05) is 11.8 Å². The number of nitrogens with zero attached hydrogens (tertiary/aromatic N) is 5. The molecular weight excluding hydrogens is 639 g/mol. The summed E-state index contributed by atoms with van der Waals surface area (Å²) in [7, 11) is 0. The van der Waals surface area contributed by atoms with Crippen molar-refractivity contribution in [1.29, 1.82) is 0 Å². The molecule has 0 radical (unpaired) electrons. The number of pyridine rings is 2. The summed E-state index contributed by atoms with van der Waals surface area (Å²) in [6, 6.07) is 7.15. The first kappa shape index (κ1) is 30.3. The fourth-order valence-corrected chi connectivity index (χ4v) is 5.88. The normalized spacial score (nSPS) is 18.4. The number of hydrogen-bond acceptors (Lipinski definition) is 7. The van der Waals surface area contributed by atoms with Crippen LogP contribution in [0.3, 0.4) is 0 Å². The fourth-order valence-electron chi connectivity index (χ4n) is 5.77. The van der Waals surface area contributed by atoms with Crippen LogP contribution in [0.15, 0.2) is 42.9 Å². The maximum absolute atomic E-state index is 15.0. The van der Waals surface area contributed by atoms with Crippen LogP contribution in [-0.4, -0.2) is 50.4 Å². The highest BCUT2D eigenvalue weighted by molar-refractivity contribution is 6.30. The summed E-state index contributed by atoms with van der Waals surface area (Å²) >= 11 is 5.89. The number of alkyl halides is 5. The summed E-state index contributed by atoms with van der Waals surface area (Å²) in [5.41, 5.74) is 6.17. The van der Waals surface area contributed by atoms with Gasteiger partial charge in [0.2, 0.25) is 0 Å². The maximum atomic E-state index is 15.0. The monoisotopic (exact) mass is 662 g/mol. The molecular formula is C30H24ClF5N6O4. The minimum absolute atomic E-state index is 0.0156. The van der Waals surface area contributed by atoms with Gasteiger partial charge in [-0.3, -0.25) is 24.2 Å². The molecule has 1 aromatic carbocycles. The van der Waals surface area contributed by atoms with Gasteiger partial charge in [0.1, 0.15) is 5.52 Å². The van der Waals surface area contributed by atoms with E-state index in [1.54, 1.807) is 0 Å². The first-order valence-corrected chi connectivity index (χ1v) is 14.7. The van der Waals surface area contributed by atoms with E-state index in [2.05, 4.69) is 14.7 Å². The Labute approximate surface area is 262 Å². The lowest BCUT2D eigenvalue weighted by Gasteiger charge is -2.33. The van der Waals surface area contributed by atoms with Gasteiger partial charge in [0.05, 0.1) is 52.7 Å². The minimum Gasteiger partial charge on any atom is -0.423 e. The van der Waals surface area contributed by atoms with E-state index in [1.807, 2.05) is 0 Å². The SMILES string of the molecule is NC(=O)c1c(CC2CC2)nc2c(ncn2C2(COC(F)(F)F)CC2)c1-c1ccc2c(c1)OC(F)(F)C(=O)N2Cc1ccc(Cl)cn1. The lowest BCUT2D eigenvalue weighted by Crippen LogP contribution is -2.50. The average Bonchev–Trinajstić information content (AvgIpc) is 3.92. The third-order valence-electron chi connectivity index (χ3n) is 8.41. The molecule has 0 bridgehead atoms. The molecule has 2 fully saturated rings. The number of aromatic nitrogens is 4. The standard InChI is InChI=1S/C30H24ClF5N6O4/c31-17-4-5-18(38-11-17)12-41-20-6-3-16(10-21(20)46-29(32,33)27(41)44)22-23(25(37)43)19(9-15-1-2-15)40-26-24(22)39-14-42(26)28(7-8-28)13-45-30(34,35)36/h3-6,10-11,14-15H,1-2,7-9,12-13H2,(H2,37,43). The minimum atomic E-state index is -4.84. The number of nitrogens with two attached hydrogens (primary N) is 1. The van der Waals surface area contributed by atoms with Crippen molar-refractivity contribution < 1.29 is 41.0 Å². The third-order valence-corrected chi connectivity index (χ3v) is 8.63. The predicted molar refractivity (Wildman–Crippen MR) is 153 cm³/mol. The fraction of sp³-hybridized carbons (Fsp3) is 0.367. The van der Waals surface area contributed by atoms with Gasteiger partial charge in [0.15, 0.2) is 11.4 Å². The lowest BCUT2D eigenvalue weighted by molar-refractivity contribution is -0.328. The summed E-state index contributed by atoms with van der Waals surface area (Å²) in [5.74, 6) is -2.58. The zero-order valence-corrected chi connectivity index (χ0v) is 24.5. The number of hydrogen-bond donors (Lipinski definition) is 1. The second-order valence-electron chi connectivity index (χ2n) is 11.7. The van der Waals surface area contributed by atoms with E-state index in [0.29, 0.717) is 30.0 Å². The number of amides is 2. The summed E-state index contributed by atoms with van der Waals surface area (Å²) in [5, 5.41) is 0.324. The molecule has 240 valence electrons. The highest BCUT2D eigenvalue weighted by Crippen LogP contribution is 2.49. The van der Waals surface area contributed by atoms with E-state index in [0.717, 1.165) is 17.7 Å². The van der Waals surface area contributed by atoms with Crippen molar-refractivity contribution >= 4 is 40.3 Å². The molecule has 2 N–H and O–H groups in total. The Morgan fingerprint density at radius 2 is 1.91 bits per heavy atom. The van der Waals surface area contributed by atoms with Gasteiger partial charge in [-0.15, -0.1) is 13.2 Å². The molecule has 2 saturated carbocycles. The number of ether oxygens (including phenoxy) is 2. The van der Waals surface area contributed by atoms with Crippen molar-refractivity contribution in [2.45, 2.75) is 56.7 Å². The number of carbonyl (C=O) groups is 2. The highest BCUT2D eigenvalue weighted by atomic mass is 35.5. The number of imidazole rings is 1. The van der Waals surface area contributed by atoms with Crippen molar-refractivity contribution in [3.05, 3.63) is 64.8 Å². The number of primary amides is 1. The number of fused-ring (bicyclic) bond motifs is 2. The number of rotatable bonds is 9. The molecule has 4 heterocycles. The first-order valence-electron chi connectivity index (χ1n) is 14.3. The molecule has 2 aliphatic carbocycles. The summed E-state index contributed by atoms with van der Waals surface area (Å²) in [6.45, 7) is -0.978. The van der Waals surface area contributed by atoms with Crippen LogP contribution in [0.25, 0.3) is 22.3 Å². The molecule has 4 aromatic rings. The summed E-state index contributed by atoms with van der Waals surface area (Å²) in [4.78, 5) is 39.8. The molecule has 3 aromatic heterocycles. The number of anilines is 1. The Morgan fingerprint density at radius 1 is 1.15 bits per heavy atom.